The van der Waals surface area contributed by atoms with Crippen molar-refractivity contribution in [2.24, 2.45) is 0 Å². The Balaban J connectivity index is 2.94. The second-order valence-corrected chi connectivity index (χ2v) is 3.59. The molecule has 10 heteroatoms. The number of rotatable bonds is 9. The van der Waals surface area contributed by atoms with Crippen molar-refractivity contribution in [3.05, 3.63) is 0 Å². The molecule has 1 fully saturated rings. The molecule has 10 nitrogen and oxygen atoms in total. The Morgan fingerprint density at radius 2 is 1.40 bits per heavy atom. The molecule has 1 rings (SSSR count). The largest absolute Gasteiger partial charge is 0.465 e. The number of ether oxygens (including phenoxy) is 5. The molecule has 0 bridgehead atoms. The van der Waals surface area contributed by atoms with Gasteiger partial charge in [0.05, 0.1) is 0 Å². The first-order chi connectivity index (χ1) is 9.69. The van der Waals surface area contributed by atoms with Crippen LogP contribution in [0.15, 0.2) is 0 Å². The highest BCUT2D eigenvalue weighted by atomic mass is 16.7. The lowest BCUT2D eigenvalue weighted by atomic mass is 9.98. The summed E-state index contributed by atoms with van der Waals surface area (Å²) in [6.45, 7) is -0.150. The monoisotopic (exact) mass is 292 g/mol. The van der Waals surface area contributed by atoms with Crippen molar-refractivity contribution in [1.82, 2.24) is 0 Å². The quantitative estimate of drug-likeness (QED) is 0.359. The maximum atomic E-state index is 10.5. The van der Waals surface area contributed by atoms with Crippen LogP contribution in [0.3, 0.4) is 0 Å². The van der Waals surface area contributed by atoms with Crippen molar-refractivity contribution < 1.29 is 48.0 Å². The van der Waals surface area contributed by atoms with Gasteiger partial charge in [-0.1, -0.05) is 0 Å². The first-order valence-electron chi connectivity index (χ1n) is 5.35. The number of hydrogen-bond acceptors (Lipinski definition) is 10. The van der Waals surface area contributed by atoms with Gasteiger partial charge in [0.15, 0.2) is 24.6 Å². The van der Waals surface area contributed by atoms with Crippen LogP contribution < -0.4 is 0 Å². The van der Waals surface area contributed by atoms with Gasteiger partial charge in [0, 0.05) is 0 Å². The highest BCUT2D eigenvalue weighted by molar-refractivity contribution is 5.41. The third-order valence-corrected chi connectivity index (χ3v) is 2.58. The van der Waals surface area contributed by atoms with Crippen molar-refractivity contribution in [2.75, 3.05) is 6.61 Å². The Morgan fingerprint density at radius 3 is 1.95 bits per heavy atom. The molecule has 0 amide bonds. The third-order valence-electron chi connectivity index (χ3n) is 2.58. The van der Waals surface area contributed by atoms with E-state index in [0.29, 0.717) is 0 Å². The normalized spacial score (nSPS) is 32.5. The zero-order valence-electron chi connectivity index (χ0n) is 10.0. The Kier molecular flexibility index (Phi) is 6.40. The molecule has 1 N–H and O–H groups in total. The minimum absolute atomic E-state index is 0.0125. The van der Waals surface area contributed by atoms with E-state index in [1.54, 1.807) is 0 Å². The Morgan fingerprint density at radius 1 is 0.850 bits per heavy atom. The van der Waals surface area contributed by atoms with Gasteiger partial charge in [-0.3, -0.25) is 19.2 Å². The average Bonchev–Trinajstić information content (AvgIpc) is 2.44. The molecule has 0 aromatic rings. The molecule has 0 aliphatic carbocycles. The summed E-state index contributed by atoms with van der Waals surface area (Å²) in [7, 11) is 0. The molecule has 0 unspecified atom stereocenters. The van der Waals surface area contributed by atoms with E-state index in [1.807, 2.05) is 0 Å². The van der Waals surface area contributed by atoms with Gasteiger partial charge < -0.3 is 28.8 Å². The molecule has 0 spiro atoms. The molecule has 1 aliphatic rings. The molecule has 0 aromatic carbocycles. The smallest absolute Gasteiger partial charge is 0.293 e. The van der Waals surface area contributed by atoms with Crippen LogP contribution in [-0.4, -0.2) is 68.3 Å². The molecule has 0 aromatic heterocycles. The lowest BCUT2D eigenvalue weighted by molar-refractivity contribution is -0.290. The Hall–Kier alpha value is -2.20. The van der Waals surface area contributed by atoms with E-state index in [0.717, 1.165) is 0 Å². The van der Waals surface area contributed by atoms with Gasteiger partial charge in [0.1, 0.15) is 12.7 Å². The average molecular weight is 292 g/mol. The van der Waals surface area contributed by atoms with Crippen molar-refractivity contribution in [3.63, 3.8) is 0 Å². The highest BCUT2D eigenvalue weighted by Crippen LogP contribution is 2.26. The molecule has 1 aliphatic heterocycles. The predicted octanol–water partition coefficient (Wildman–Crippen LogP) is -2.50. The van der Waals surface area contributed by atoms with Crippen LogP contribution in [0.1, 0.15) is 0 Å². The zero-order valence-corrected chi connectivity index (χ0v) is 10.0. The summed E-state index contributed by atoms with van der Waals surface area (Å²) in [5, 5.41) is 9.66. The maximum absolute atomic E-state index is 10.5. The van der Waals surface area contributed by atoms with Gasteiger partial charge in [-0.25, -0.2) is 0 Å². The van der Waals surface area contributed by atoms with E-state index in [-0.39, 0.29) is 32.5 Å². The van der Waals surface area contributed by atoms with Crippen molar-refractivity contribution >= 4 is 25.9 Å². The van der Waals surface area contributed by atoms with Crippen molar-refractivity contribution in [1.29, 1.82) is 0 Å². The first kappa shape index (κ1) is 15.9. The number of aliphatic hydroxyl groups is 1. The number of carbonyl (C=O) groups excluding carboxylic acids is 4. The molecule has 1 heterocycles. The van der Waals surface area contributed by atoms with Gasteiger partial charge in [-0.15, -0.1) is 0 Å². The maximum Gasteiger partial charge on any atom is 0.293 e. The van der Waals surface area contributed by atoms with Crippen LogP contribution >= 0.6 is 0 Å². The molecule has 20 heavy (non-hydrogen) atoms. The number of aliphatic hydroxyl groups excluding tert-OH is 1. The van der Waals surface area contributed by atoms with E-state index >= 15 is 0 Å². The molecule has 0 radical (unpaired) electrons. The summed E-state index contributed by atoms with van der Waals surface area (Å²) in [5.74, 6) is 0. The summed E-state index contributed by atoms with van der Waals surface area (Å²) < 4.78 is 23.4. The summed E-state index contributed by atoms with van der Waals surface area (Å²) in [4.78, 5) is 41.5. The summed E-state index contributed by atoms with van der Waals surface area (Å²) in [6.07, 6.45) is -6.69. The summed E-state index contributed by atoms with van der Waals surface area (Å²) in [6, 6.07) is 0. The van der Waals surface area contributed by atoms with Crippen LogP contribution in [0.4, 0.5) is 0 Å². The van der Waals surface area contributed by atoms with E-state index in [4.69, 9.17) is 9.47 Å². The van der Waals surface area contributed by atoms with E-state index in [1.165, 1.54) is 0 Å². The lowest BCUT2D eigenvalue weighted by Crippen LogP contribution is -2.61. The SMILES string of the molecule is O=COC[C@H]1O[C@H](O)[C@H](OC=O)[C@@H](OC=O)[C@H]1OC=O. The van der Waals surface area contributed by atoms with E-state index < -0.39 is 30.7 Å². The van der Waals surface area contributed by atoms with E-state index in [2.05, 4.69) is 14.2 Å². The number of hydrogen-bond donors (Lipinski definition) is 1. The molecule has 0 saturated carbocycles. The standard InChI is InChI=1S/C10H12O10/c11-2-16-1-6-7(17-3-12)8(18-4-13)9(19-5-14)10(15)20-6/h2-10,15H,1H2/t6-,7+,8+,9-,10+/m1/s1. The van der Waals surface area contributed by atoms with Crippen LogP contribution in [0, 0.1) is 0 Å². The van der Waals surface area contributed by atoms with E-state index in [9.17, 15) is 24.3 Å². The zero-order chi connectivity index (χ0) is 15.0. The highest BCUT2D eigenvalue weighted by Gasteiger charge is 2.50. The fraction of sp³-hybridized carbons (Fsp3) is 0.600. The minimum Gasteiger partial charge on any atom is -0.465 e. The van der Waals surface area contributed by atoms with Gasteiger partial charge in [-0.05, 0) is 0 Å². The third kappa shape index (κ3) is 3.65. The second kappa shape index (κ2) is 8.07. The molecule has 112 valence electrons. The van der Waals surface area contributed by atoms with Gasteiger partial charge in [0.2, 0.25) is 0 Å². The Bertz CT molecular complexity index is 345. The fourth-order valence-electron chi connectivity index (χ4n) is 1.82. The molecule has 1 saturated heterocycles. The van der Waals surface area contributed by atoms with Crippen LogP contribution in [0.5, 0.6) is 0 Å². The van der Waals surface area contributed by atoms with Gasteiger partial charge in [-0.2, -0.15) is 0 Å². The summed E-state index contributed by atoms with van der Waals surface area (Å²) in [5.41, 5.74) is 0. The predicted molar refractivity (Wildman–Crippen MR) is 55.7 cm³/mol. The summed E-state index contributed by atoms with van der Waals surface area (Å²) >= 11 is 0. The fourth-order valence-corrected chi connectivity index (χ4v) is 1.82. The Labute approximate surface area is 112 Å². The molecule has 5 atom stereocenters. The van der Waals surface area contributed by atoms with Crippen LogP contribution in [0.25, 0.3) is 0 Å². The molecular weight excluding hydrogens is 280 g/mol. The first-order valence-corrected chi connectivity index (χ1v) is 5.35. The lowest BCUT2D eigenvalue weighted by Gasteiger charge is -2.41. The van der Waals surface area contributed by atoms with Gasteiger partial charge >= 0.3 is 0 Å². The topological polar surface area (TPSA) is 135 Å². The number of carbonyl (C=O) groups is 4. The van der Waals surface area contributed by atoms with Crippen molar-refractivity contribution in [2.45, 2.75) is 30.7 Å². The second-order valence-electron chi connectivity index (χ2n) is 3.59. The van der Waals surface area contributed by atoms with Crippen molar-refractivity contribution in [3.8, 4) is 0 Å². The van der Waals surface area contributed by atoms with Gasteiger partial charge in [0.25, 0.3) is 25.9 Å². The molecular formula is C10H12O10. The van der Waals surface area contributed by atoms with Crippen LogP contribution in [0.2, 0.25) is 0 Å². The van der Waals surface area contributed by atoms with Crippen LogP contribution in [-0.2, 0) is 42.9 Å². The minimum atomic E-state index is -1.66.